The predicted octanol–water partition coefficient (Wildman–Crippen LogP) is 3.44. The molecule has 9 heteroatoms. The quantitative estimate of drug-likeness (QED) is 0.568. The van der Waals surface area contributed by atoms with Crippen molar-refractivity contribution in [2.24, 2.45) is 5.92 Å². The Kier molecular flexibility index (Phi) is 5.70. The lowest BCUT2D eigenvalue weighted by molar-refractivity contribution is -0.120. The van der Waals surface area contributed by atoms with Gasteiger partial charge in [0, 0.05) is 31.9 Å². The van der Waals surface area contributed by atoms with Gasteiger partial charge in [-0.3, -0.25) is 9.48 Å². The Hall–Kier alpha value is -3.49. The van der Waals surface area contributed by atoms with Crippen molar-refractivity contribution in [1.29, 1.82) is 0 Å². The molecule has 1 N–H and O–H groups in total. The first-order chi connectivity index (χ1) is 16.0. The highest BCUT2D eigenvalue weighted by atomic mass is 19.1. The van der Waals surface area contributed by atoms with E-state index in [-0.39, 0.29) is 17.8 Å². The molecular formula is C24H28FN7O. The molecular weight excluding hydrogens is 421 g/mol. The normalized spacial score (nSPS) is 17.9. The smallest absolute Gasteiger partial charge is 0.249 e. The number of benzene rings is 1. The van der Waals surface area contributed by atoms with Gasteiger partial charge in [0.1, 0.15) is 17.5 Å². The summed E-state index contributed by atoms with van der Waals surface area (Å²) < 4.78 is 14.9. The topological polar surface area (TPSA) is 79.2 Å². The van der Waals surface area contributed by atoms with Crippen LogP contribution in [0.15, 0.2) is 42.9 Å². The van der Waals surface area contributed by atoms with Crippen molar-refractivity contribution in [3.8, 4) is 0 Å². The van der Waals surface area contributed by atoms with E-state index in [2.05, 4.69) is 20.3 Å². The van der Waals surface area contributed by atoms with Gasteiger partial charge >= 0.3 is 0 Å². The number of carbonyl (C=O) groups excluding carboxylic acids is 1. The highest BCUT2D eigenvalue weighted by molar-refractivity contribution is 6.04. The van der Waals surface area contributed by atoms with E-state index in [0.29, 0.717) is 25.0 Å². The van der Waals surface area contributed by atoms with Gasteiger partial charge in [0.05, 0.1) is 18.9 Å². The largest absolute Gasteiger partial charge is 0.350 e. The molecule has 1 fully saturated rings. The Morgan fingerprint density at radius 3 is 2.67 bits per heavy atom. The van der Waals surface area contributed by atoms with Gasteiger partial charge in [0.15, 0.2) is 5.82 Å². The molecule has 3 aromatic rings. The number of halogens is 1. The number of rotatable bonds is 8. The lowest BCUT2D eigenvalue weighted by atomic mass is 10.1. The Labute approximate surface area is 192 Å². The molecule has 1 saturated carbocycles. The summed E-state index contributed by atoms with van der Waals surface area (Å²) in [6.45, 7) is 4.00. The van der Waals surface area contributed by atoms with Crippen molar-refractivity contribution in [1.82, 2.24) is 19.7 Å². The summed E-state index contributed by atoms with van der Waals surface area (Å²) in [6.07, 6.45) is 8.65. The average Bonchev–Trinajstić information content (AvgIpc) is 3.54. The molecule has 172 valence electrons. The number of likely N-dealkylation sites (N-methyl/N-ethyl adjacent to an activating group) is 1. The SMILES string of the molecule is CC[C@@H]1C(=O)N(C)c2cnc(NCc3cnn(Cc4ccc(F)cc4)c3)nc2N1CC1CC1. The number of fused-ring (bicyclic) bond motifs is 1. The van der Waals surface area contributed by atoms with Gasteiger partial charge in [-0.25, -0.2) is 9.37 Å². The highest BCUT2D eigenvalue weighted by Crippen LogP contribution is 2.39. The first-order valence-corrected chi connectivity index (χ1v) is 11.4. The van der Waals surface area contributed by atoms with Crippen LogP contribution in [-0.4, -0.2) is 45.3 Å². The molecule has 1 aliphatic heterocycles. The number of anilines is 3. The molecule has 0 unspecified atom stereocenters. The molecule has 0 bridgehead atoms. The maximum atomic E-state index is 13.1. The molecule has 8 nitrogen and oxygen atoms in total. The molecule has 1 aliphatic carbocycles. The summed E-state index contributed by atoms with van der Waals surface area (Å²) in [5, 5.41) is 7.69. The van der Waals surface area contributed by atoms with Crippen molar-refractivity contribution >= 4 is 23.4 Å². The summed E-state index contributed by atoms with van der Waals surface area (Å²) in [5.41, 5.74) is 2.73. The second kappa shape index (κ2) is 8.80. The van der Waals surface area contributed by atoms with Crippen LogP contribution in [0.2, 0.25) is 0 Å². The van der Waals surface area contributed by atoms with E-state index in [4.69, 9.17) is 4.98 Å². The van der Waals surface area contributed by atoms with E-state index in [1.165, 1.54) is 25.0 Å². The Morgan fingerprint density at radius 2 is 1.94 bits per heavy atom. The summed E-state index contributed by atoms with van der Waals surface area (Å²) >= 11 is 0. The molecule has 5 rings (SSSR count). The first-order valence-electron chi connectivity index (χ1n) is 11.4. The fourth-order valence-corrected chi connectivity index (χ4v) is 4.25. The minimum Gasteiger partial charge on any atom is -0.350 e. The summed E-state index contributed by atoms with van der Waals surface area (Å²) in [4.78, 5) is 26.0. The molecule has 1 atom stereocenters. The van der Waals surface area contributed by atoms with Crippen molar-refractivity contribution in [3.05, 3.63) is 59.8 Å². The number of carbonyl (C=O) groups is 1. The molecule has 3 heterocycles. The fraction of sp³-hybridized carbons (Fsp3) is 0.417. The van der Waals surface area contributed by atoms with E-state index in [1.54, 1.807) is 36.5 Å². The third-order valence-corrected chi connectivity index (χ3v) is 6.31. The van der Waals surface area contributed by atoms with Crippen LogP contribution in [0.5, 0.6) is 0 Å². The maximum Gasteiger partial charge on any atom is 0.249 e. The molecule has 0 saturated heterocycles. The number of amides is 1. The van der Waals surface area contributed by atoms with Gasteiger partial charge in [-0.1, -0.05) is 19.1 Å². The number of hydrogen-bond donors (Lipinski definition) is 1. The zero-order chi connectivity index (χ0) is 22.9. The molecule has 2 aliphatic rings. The van der Waals surface area contributed by atoms with E-state index >= 15 is 0 Å². The first kappa shape index (κ1) is 21.4. The number of aromatic nitrogens is 4. The number of nitrogens with zero attached hydrogens (tertiary/aromatic N) is 6. The van der Waals surface area contributed by atoms with Crippen LogP contribution >= 0.6 is 0 Å². The zero-order valence-corrected chi connectivity index (χ0v) is 18.9. The zero-order valence-electron chi connectivity index (χ0n) is 18.9. The Balaban J connectivity index is 1.29. The van der Waals surface area contributed by atoms with Crippen LogP contribution in [0.25, 0.3) is 0 Å². The molecule has 0 spiro atoms. The molecule has 1 aromatic carbocycles. The molecule has 2 aromatic heterocycles. The van der Waals surface area contributed by atoms with Gasteiger partial charge in [-0.05, 0) is 42.9 Å². The van der Waals surface area contributed by atoms with E-state index < -0.39 is 0 Å². The second-order valence-corrected chi connectivity index (χ2v) is 8.85. The van der Waals surface area contributed by atoms with Crippen LogP contribution in [0.4, 0.5) is 21.8 Å². The van der Waals surface area contributed by atoms with E-state index in [1.807, 2.05) is 17.8 Å². The Morgan fingerprint density at radius 1 is 1.15 bits per heavy atom. The molecule has 0 radical (unpaired) electrons. The van der Waals surface area contributed by atoms with Crippen LogP contribution in [-0.2, 0) is 17.9 Å². The van der Waals surface area contributed by atoms with Crippen LogP contribution in [0, 0.1) is 11.7 Å². The second-order valence-electron chi connectivity index (χ2n) is 8.85. The molecule has 1 amide bonds. The third-order valence-electron chi connectivity index (χ3n) is 6.31. The third kappa shape index (κ3) is 4.53. The lowest BCUT2D eigenvalue weighted by Crippen LogP contribution is -2.53. The van der Waals surface area contributed by atoms with Crippen molar-refractivity contribution in [2.75, 3.05) is 28.7 Å². The number of hydrogen-bond acceptors (Lipinski definition) is 6. The van der Waals surface area contributed by atoms with Gasteiger partial charge in [-0.15, -0.1) is 0 Å². The van der Waals surface area contributed by atoms with Crippen LogP contribution in [0.3, 0.4) is 0 Å². The summed E-state index contributed by atoms with van der Waals surface area (Å²) in [7, 11) is 1.80. The maximum absolute atomic E-state index is 13.1. The average molecular weight is 450 g/mol. The minimum atomic E-state index is -0.245. The summed E-state index contributed by atoms with van der Waals surface area (Å²) in [5.74, 6) is 1.84. The van der Waals surface area contributed by atoms with Crippen molar-refractivity contribution in [2.45, 2.75) is 45.3 Å². The van der Waals surface area contributed by atoms with Crippen molar-refractivity contribution < 1.29 is 9.18 Å². The molecule has 33 heavy (non-hydrogen) atoms. The van der Waals surface area contributed by atoms with Crippen LogP contribution < -0.4 is 15.1 Å². The van der Waals surface area contributed by atoms with Gasteiger partial charge in [0.2, 0.25) is 11.9 Å². The lowest BCUT2D eigenvalue weighted by Gasteiger charge is -2.40. The highest BCUT2D eigenvalue weighted by Gasteiger charge is 2.39. The van der Waals surface area contributed by atoms with Gasteiger partial charge < -0.3 is 15.1 Å². The standard InChI is InChI=1S/C24H28FN7O/c1-3-20-23(33)30(2)21-12-27-24(29-22(21)32(20)15-17-4-5-17)26-10-18-11-28-31(14-18)13-16-6-8-19(25)9-7-16/h6-9,11-12,14,17,20H,3-5,10,13,15H2,1-2H3,(H,26,27,29)/t20-/m1/s1. The van der Waals surface area contributed by atoms with E-state index in [0.717, 1.165) is 35.6 Å². The number of nitrogens with one attached hydrogen (secondary N) is 1. The van der Waals surface area contributed by atoms with Crippen molar-refractivity contribution in [3.63, 3.8) is 0 Å². The fourth-order valence-electron chi connectivity index (χ4n) is 4.25. The van der Waals surface area contributed by atoms with Gasteiger partial charge in [-0.2, -0.15) is 10.1 Å². The van der Waals surface area contributed by atoms with Crippen LogP contribution in [0.1, 0.15) is 37.3 Å². The van der Waals surface area contributed by atoms with E-state index in [9.17, 15) is 9.18 Å². The summed E-state index contributed by atoms with van der Waals surface area (Å²) in [6, 6.07) is 6.24. The Bertz CT molecular complexity index is 1140. The van der Waals surface area contributed by atoms with Gasteiger partial charge in [0.25, 0.3) is 0 Å². The minimum absolute atomic E-state index is 0.100. The predicted molar refractivity (Wildman–Crippen MR) is 125 cm³/mol. The monoisotopic (exact) mass is 449 g/mol.